The van der Waals surface area contributed by atoms with Gasteiger partial charge in [-0.2, -0.15) is 0 Å². The Bertz CT molecular complexity index is 1080. The van der Waals surface area contributed by atoms with Gasteiger partial charge in [0, 0.05) is 5.56 Å². The van der Waals surface area contributed by atoms with Crippen LogP contribution in [0, 0.1) is 11.6 Å². The Hall–Kier alpha value is -2.44. The van der Waals surface area contributed by atoms with Crippen molar-refractivity contribution < 1.29 is 21.9 Å². The fraction of sp³-hybridized carbons (Fsp3) is 0.0526. The summed E-state index contributed by atoms with van der Waals surface area (Å²) in [6.07, 6.45) is 0. The van der Waals surface area contributed by atoms with E-state index in [0.717, 1.165) is 12.1 Å². The molecule has 0 saturated heterocycles. The molecule has 0 heterocycles. The van der Waals surface area contributed by atoms with E-state index in [0.29, 0.717) is 11.3 Å². The van der Waals surface area contributed by atoms with Crippen molar-refractivity contribution in [2.45, 2.75) is 9.79 Å². The van der Waals surface area contributed by atoms with E-state index >= 15 is 0 Å². The van der Waals surface area contributed by atoms with Crippen molar-refractivity contribution in [2.24, 2.45) is 0 Å². The van der Waals surface area contributed by atoms with E-state index in [1.807, 2.05) is 0 Å². The highest BCUT2D eigenvalue weighted by Gasteiger charge is 2.24. The van der Waals surface area contributed by atoms with Gasteiger partial charge < -0.3 is 4.74 Å². The van der Waals surface area contributed by atoms with Gasteiger partial charge in [-0.3, -0.25) is 0 Å². The molecule has 134 valence electrons. The summed E-state index contributed by atoms with van der Waals surface area (Å²) < 4.78 is 58.7. The molecule has 0 radical (unpaired) electrons. The standard InChI is InChI=1S/C19H13ClF2O3S/c1-25-17-8-7-13(21)11-14(17)12-6-9-19(16(22)10-12)26(23,24)18-5-3-2-4-15(18)20/h2-11H,1H3. The van der Waals surface area contributed by atoms with Gasteiger partial charge in [-0.25, -0.2) is 17.2 Å². The normalized spacial score (nSPS) is 11.4. The maximum Gasteiger partial charge on any atom is 0.210 e. The number of benzene rings is 3. The molecule has 0 amide bonds. The van der Waals surface area contributed by atoms with Gasteiger partial charge in [-0.15, -0.1) is 0 Å². The van der Waals surface area contributed by atoms with Crippen LogP contribution in [-0.4, -0.2) is 15.5 Å². The lowest BCUT2D eigenvalue weighted by molar-refractivity contribution is 0.415. The maximum absolute atomic E-state index is 14.6. The minimum atomic E-state index is -4.14. The van der Waals surface area contributed by atoms with Crippen LogP contribution in [0.5, 0.6) is 5.75 Å². The van der Waals surface area contributed by atoms with Crippen molar-refractivity contribution in [1.82, 2.24) is 0 Å². The summed E-state index contributed by atoms with van der Waals surface area (Å²) in [5.41, 5.74) is 0.602. The van der Waals surface area contributed by atoms with Gasteiger partial charge in [0.2, 0.25) is 9.84 Å². The predicted octanol–water partition coefficient (Wildman–Crippen LogP) is 5.13. The molecule has 3 aromatic carbocycles. The molecule has 0 aliphatic rings. The molecular formula is C19H13ClF2O3S. The van der Waals surface area contributed by atoms with Gasteiger partial charge in [0.25, 0.3) is 0 Å². The Kier molecular flexibility index (Phi) is 4.98. The number of halogens is 3. The number of ether oxygens (including phenoxy) is 1. The van der Waals surface area contributed by atoms with E-state index < -0.39 is 26.4 Å². The molecule has 0 spiro atoms. The van der Waals surface area contributed by atoms with Crippen LogP contribution in [-0.2, 0) is 9.84 Å². The van der Waals surface area contributed by atoms with E-state index in [1.165, 1.54) is 49.6 Å². The minimum absolute atomic E-state index is 0.00257. The molecule has 0 saturated carbocycles. The number of sulfone groups is 1. The summed E-state index contributed by atoms with van der Waals surface area (Å²) in [6.45, 7) is 0. The molecule has 3 aromatic rings. The van der Waals surface area contributed by atoms with Crippen molar-refractivity contribution in [2.75, 3.05) is 7.11 Å². The van der Waals surface area contributed by atoms with Gasteiger partial charge in [-0.05, 0) is 48.0 Å². The molecular weight excluding hydrogens is 382 g/mol. The largest absolute Gasteiger partial charge is 0.496 e. The van der Waals surface area contributed by atoms with Crippen LogP contribution >= 0.6 is 11.6 Å². The lowest BCUT2D eigenvalue weighted by Gasteiger charge is -2.11. The van der Waals surface area contributed by atoms with Crippen molar-refractivity contribution in [3.8, 4) is 16.9 Å². The second-order valence-corrected chi connectivity index (χ2v) is 7.72. The number of hydrogen-bond donors (Lipinski definition) is 0. The third-order valence-corrected chi connectivity index (χ3v) is 6.11. The third kappa shape index (κ3) is 3.30. The first-order valence-corrected chi connectivity index (χ1v) is 9.34. The molecule has 0 unspecified atom stereocenters. The summed E-state index contributed by atoms with van der Waals surface area (Å²) >= 11 is 5.94. The summed E-state index contributed by atoms with van der Waals surface area (Å²) in [7, 11) is -2.73. The second-order valence-electron chi connectivity index (χ2n) is 5.42. The van der Waals surface area contributed by atoms with E-state index in [-0.39, 0.29) is 15.5 Å². The zero-order valence-electron chi connectivity index (χ0n) is 13.5. The monoisotopic (exact) mass is 394 g/mol. The van der Waals surface area contributed by atoms with Gasteiger partial charge in [0.05, 0.1) is 17.0 Å². The second kappa shape index (κ2) is 7.05. The Labute approximate surface area is 154 Å². The first-order valence-electron chi connectivity index (χ1n) is 7.47. The number of hydrogen-bond acceptors (Lipinski definition) is 3. The fourth-order valence-corrected chi connectivity index (χ4v) is 4.40. The Morgan fingerprint density at radius 2 is 1.65 bits per heavy atom. The highest BCUT2D eigenvalue weighted by molar-refractivity contribution is 7.91. The van der Waals surface area contributed by atoms with Crippen LogP contribution in [0.15, 0.2) is 70.5 Å². The van der Waals surface area contributed by atoms with Crippen molar-refractivity contribution in [3.63, 3.8) is 0 Å². The lowest BCUT2D eigenvalue weighted by atomic mass is 10.0. The molecule has 0 aliphatic carbocycles. The van der Waals surface area contributed by atoms with E-state index in [4.69, 9.17) is 16.3 Å². The summed E-state index contributed by atoms with van der Waals surface area (Å²) in [6, 6.07) is 13.2. The highest BCUT2D eigenvalue weighted by Crippen LogP contribution is 2.34. The molecule has 0 aromatic heterocycles. The van der Waals surface area contributed by atoms with Crippen LogP contribution < -0.4 is 4.74 Å². The summed E-state index contributed by atoms with van der Waals surface area (Å²) in [5.74, 6) is -1.14. The average molecular weight is 395 g/mol. The van der Waals surface area contributed by atoms with E-state index in [9.17, 15) is 17.2 Å². The van der Waals surface area contributed by atoms with Gasteiger partial charge >= 0.3 is 0 Å². The highest BCUT2D eigenvalue weighted by atomic mass is 35.5. The lowest BCUT2D eigenvalue weighted by Crippen LogP contribution is -2.05. The van der Waals surface area contributed by atoms with E-state index in [2.05, 4.69) is 0 Å². The van der Waals surface area contributed by atoms with Crippen LogP contribution in [0.1, 0.15) is 0 Å². The van der Waals surface area contributed by atoms with E-state index in [1.54, 1.807) is 6.07 Å². The van der Waals surface area contributed by atoms with Crippen LogP contribution in [0.4, 0.5) is 8.78 Å². The van der Waals surface area contributed by atoms with Gasteiger partial charge in [0.15, 0.2) is 0 Å². The number of methoxy groups -OCH3 is 1. The Morgan fingerprint density at radius 1 is 0.923 bits per heavy atom. The molecule has 3 rings (SSSR count). The van der Waals surface area contributed by atoms with Crippen molar-refractivity contribution >= 4 is 21.4 Å². The fourth-order valence-electron chi connectivity index (χ4n) is 2.57. The maximum atomic E-state index is 14.6. The smallest absolute Gasteiger partial charge is 0.210 e. The predicted molar refractivity (Wildman–Crippen MR) is 95.2 cm³/mol. The van der Waals surface area contributed by atoms with Crippen molar-refractivity contribution in [1.29, 1.82) is 0 Å². The van der Waals surface area contributed by atoms with Gasteiger partial charge in [0.1, 0.15) is 22.3 Å². The summed E-state index contributed by atoms with van der Waals surface area (Å²) in [4.78, 5) is -0.693. The molecule has 0 atom stereocenters. The number of rotatable bonds is 4. The third-order valence-electron chi connectivity index (χ3n) is 3.82. The summed E-state index contributed by atoms with van der Waals surface area (Å²) in [5, 5.41) is 0.00257. The zero-order chi connectivity index (χ0) is 18.9. The van der Waals surface area contributed by atoms with Crippen LogP contribution in [0.2, 0.25) is 5.02 Å². The Morgan fingerprint density at radius 3 is 2.31 bits per heavy atom. The zero-order valence-corrected chi connectivity index (χ0v) is 15.1. The first-order chi connectivity index (χ1) is 12.3. The molecule has 0 bridgehead atoms. The molecule has 26 heavy (non-hydrogen) atoms. The molecule has 0 aliphatic heterocycles. The van der Waals surface area contributed by atoms with Crippen molar-refractivity contribution in [3.05, 3.63) is 77.3 Å². The quantitative estimate of drug-likeness (QED) is 0.616. The molecule has 7 heteroatoms. The topological polar surface area (TPSA) is 43.4 Å². The average Bonchev–Trinajstić information content (AvgIpc) is 2.61. The molecule has 3 nitrogen and oxygen atoms in total. The minimum Gasteiger partial charge on any atom is -0.496 e. The first kappa shape index (κ1) is 18.4. The van der Waals surface area contributed by atoms with Crippen LogP contribution in [0.25, 0.3) is 11.1 Å². The van der Waals surface area contributed by atoms with Gasteiger partial charge in [-0.1, -0.05) is 29.8 Å². The van der Waals surface area contributed by atoms with Crippen LogP contribution in [0.3, 0.4) is 0 Å². The SMILES string of the molecule is COc1ccc(F)cc1-c1ccc(S(=O)(=O)c2ccccc2Cl)c(F)c1. The molecule has 0 fully saturated rings. The molecule has 0 N–H and O–H groups in total. The Balaban J connectivity index is 2.12.